The monoisotopic (exact) mass is 265 g/mol. The van der Waals surface area contributed by atoms with Crippen molar-refractivity contribution in [2.45, 2.75) is 38.8 Å². The van der Waals surface area contributed by atoms with Gasteiger partial charge in [0.15, 0.2) is 0 Å². The van der Waals surface area contributed by atoms with Gasteiger partial charge in [-0.2, -0.15) is 5.10 Å². The molecule has 1 fully saturated rings. The minimum atomic E-state index is -0.0428. The standard InChI is InChI=1S/C14H23N3O2/c1-4-10(2)17-6-5-11(16-17)7-14(18)12-8-19-9-13(12)15-3/h5-6,10,12-13,15H,4,7-9H2,1-3H3. The summed E-state index contributed by atoms with van der Waals surface area (Å²) >= 11 is 0. The predicted molar refractivity (Wildman–Crippen MR) is 73.1 cm³/mol. The van der Waals surface area contributed by atoms with E-state index in [4.69, 9.17) is 4.74 Å². The third-order valence-electron chi connectivity index (χ3n) is 3.93. The van der Waals surface area contributed by atoms with Gasteiger partial charge in [0.1, 0.15) is 5.78 Å². The van der Waals surface area contributed by atoms with Crippen molar-refractivity contribution < 1.29 is 9.53 Å². The van der Waals surface area contributed by atoms with E-state index in [9.17, 15) is 4.79 Å². The summed E-state index contributed by atoms with van der Waals surface area (Å²) in [7, 11) is 1.87. The second kappa shape index (κ2) is 6.30. The predicted octanol–water partition coefficient (Wildman–Crippen LogP) is 1.20. The van der Waals surface area contributed by atoms with Gasteiger partial charge in [-0.3, -0.25) is 9.48 Å². The summed E-state index contributed by atoms with van der Waals surface area (Å²) in [6.45, 7) is 5.40. The van der Waals surface area contributed by atoms with Crippen molar-refractivity contribution in [2.75, 3.05) is 20.3 Å². The summed E-state index contributed by atoms with van der Waals surface area (Å²) < 4.78 is 7.31. The van der Waals surface area contributed by atoms with Crippen molar-refractivity contribution in [3.05, 3.63) is 18.0 Å². The molecule has 1 aliphatic heterocycles. The van der Waals surface area contributed by atoms with E-state index in [0.29, 0.717) is 25.7 Å². The Morgan fingerprint density at radius 3 is 3.11 bits per heavy atom. The quantitative estimate of drug-likeness (QED) is 0.839. The lowest BCUT2D eigenvalue weighted by molar-refractivity contribution is -0.122. The highest BCUT2D eigenvalue weighted by molar-refractivity contribution is 5.84. The van der Waals surface area contributed by atoms with Gasteiger partial charge in [-0.1, -0.05) is 6.92 Å². The van der Waals surface area contributed by atoms with Crippen LogP contribution in [0.1, 0.15) is 32.0 Å². The second-order valence-electron chi connectivity index (χ2n) is 5.23. The molecule has 3 unspecified atom stereocenters. The van der Waals surface area contributed by atoms with Crippen LogP contribution in [0.2, 0.25) is 0 Å². The lowest BCUT2D eigenvalue weighted by Gasteiger charge is -2.14. The number of nitrogens with zero attached hydrogens (tertiary/aromatic N) is 2. The first-order chi connectivity index (χ1) is 9.15. The highest BCUT2D eigenvalue weighted by Gasteiger charge is 2.32. The van der Waals surface area contributed by atoms with Crippen LogP contribution in [0.5, 0.6) is 0 Å². The minimum Gasteiger partial charge on any atom is -0.379 e. The number of ketones is 1. The molecule has 106 valence electrons. The lowest BCUT2D eigenvalue weighted by Crippen LogP contribution is -2.37. The van der Waals surface area contributed by atoms with Crippen LogP contribution in [-0.2, 0) is 16.0 Å². The maximum absolute atomic E-state index is 12.3. The Bertz CT molecular complexity index is 430. The molecule has 3 atom stereocenters. The Labute approximate surface area is 114 Å². The topological polar surface area (TPSA) is 56.1 Å². The molecule has 2 rings (SSSR count). The van der Waals surface area contributed by atoms with Gasteiger partial charge in [-0.05, 0) is 26.5 Å². The molecule has 0 radical (unpaired) electrons. The van der Waals surface area contributed by atoms with E-state index in [2.05, 4.69) is 24.3 Å². The Balaban J connectivity index is 1.97. The number of hydrogen-bond acceptors (Lipinski definition) is 4. The van der Waals surface area contributed by atoms with Gasteiger partial charge in [0.2, 0.25) is 0 Å². The maximum atomic E-state index is 12.3. The van der Waals surface area contributed by atoms with E-state index in [0.717, 1.165) is 12.1 Å². The first-order valence-electron chi connectivity index (χ1n) is 6.97. The van der Waals surface area contributed by atoms with E-state index >= 15 is 0 Å². The Morgan fingerprint density at radius 1 is 1.63 bits per heavy atom. The number of carbonyl (C=O) groups excluding carboxylic acids is 1. The fourth-order valence-corrected chi connectivity index (χ4v) is 2.37. The molecule has 0 aromatic carbocycles. The maximum Gasteiger partial charge on any atom is 0.145 e. The Hall–Kier alpha value is -1.20. The molecule has 5 nitrogen and oxygen atoms in total. The van der Waals surface area contributed by atoms with Crippen molar-refractivity contribution in [1.82, 2.24) is 15.1 Å². The molecule has 0 aliphatic carbocycles. The molecule has 0 spiro atoms. The first kappa shape index (κ1) is 14.2. The SMILES string of the molecule is CCC(C)n1ccc(CC(=O)C2COCC2NC)n1. The average Bonchev–Trinajstić information content (AvgIpc) is 3.05. The summed E-state index contributed by atoms with van der Waals surface area (Å²) in [5.74, 6) is 0.171. The molecule has 1 N–H and O–H groups in total. The molecular weight excluding hydrogens is 242 g/mol. The number of aromatic nitrogens is 2. The van der Waals surface area contributed by atoms with Crippen LogP contribution in [0.3, 0.4) is 0 Å². The fraction of sp³-hybridized carbons (Fsp3) is 0.714. The van der Waals surface area contributed by atoms with E-state index in [1.807, 2.05) is 24.0 Å². The van der Waals surface area contributed by atoms with Crippen LogP contribution in [0.25, 0.3) is 0 Å². The van der Waals surface area contributed by atoms with Crippen molar-refractivity contribution in [3.8, 4) is 0 Å². The minimum absolute atomic E-state index is 0.0428. The van der Waals surface area contributed by atoms with E-state index in [1.54, 1.807) is 0 Å². The molecule has 0 saturated carbocycles. The molecule has 0 bridgehead atoms. The summed E-state index contributed by atoms with van der Waals surface area (Å²) in [5.41, 5.74) is 0.854. The third-order valence-corrected chi connectivity index (χ3v) is 3.93. The zero-order chi connectivity index (χ0) is 13.8. The zero-order valence-electron chi connectivity index (χ0n) is 11.9. The third kappa shape index (κ3) is 3.22. The highest BCUT2D eigenvalue weighted by Crippen LogP contribution is 2.17. The Morgan fingerprint density at radius 2 is 2.42 bits per heavy atom. The molecule has 1 aliphatic rings. The van der Waals surface area contributed by atoms with E-state index < -0.39 is 0 Å². The van der Waals surface area contributed by atoms with Crippen LogP contribution in [-0.4, -0.2) is 41.9 Å². The number of rotatable bonds is 6. The average molecular weight is 265 g/mol. The van der Waals surface area contributed by atoms with E-state index in [1.165, 1.54) is 0 Å². The molecule has 1 saturated heterocycles. The second-order valence-corrected chi connectivity index (χ2v) is 5.23. The van der Waals surface area contributed by atoms with Crippen LogP contribution in [0, 0.1) is 5.92 Å². The largest absolute Gasteiger partial charge is 0.379 e. The summed E-state index contributed by atoms with van der Waals surface area (Å²) in [6, 6.07) is 2.46. The van der Waals surface area contributed by atoms with Crippen LogP contribution in [0.4, 0.5) is 0 Å². The Kier molecular flexibility index (Phi) is 4.71. The molecule has 19 heavy (non-hydrogen) atoms. The van der Waals surface area contributed by atoms with E-state index in [-0.39, 0.29) is 17.7 Å². The number of carbonyl (C=O) groups is 1. The summed E-state index contributed by atoms with van der Waals surface area (Å²) in [5, 5.41) is 7.62. The van der Waals surface area contributed by atoms with Gasteiger partial charge in [0.25, 0.3) is 0 Å². The summed E-state index contributed by atoms with van der Waals surface area (Å²) in [4.78, 5) is 12.3. The van der Waals surface area contributed by atoms with Crippen molar-refractivity contribution in [2.24, 2.45) is 5.92 Å². The molecular formula is C14H23N3O2. The van der Waals surface area contributed by atoms with Gasteiger partial charge in [-0.25, -0.2) is 0 Å². The van der Waals surface area contributed by atoms with Crippen LogP contribution < -0.4 is 5.32 Å². The number of Topliss-reactive ketones (excluding diaryl/α,β-unsaturated/α-hetero) is 1. The van der Waals surface area contributed by atoms with Gasteiger partial charge >= 0.3 is 0 Å². The van der Waals surface area contributed by atoms with Crippen molar-refractivity contribution >= 4 is 5.78 Å². The number of likely N-dealkylation sites (N-methyl/N-ethyl adjacent to an activating group) is 1. The molecule has 0 amide bonds. The van der Waals surface area contributed by atoms with Gasteiger partial charge < -0.3 is 10.1 Å². The summed E-state index contributed by atoms with van der Waals surface area (Å²) in [6.07, 6.45) is 3.39. The van der Waals surface area contributed by atoms with Crippen LogP contribution >= 0.6 is 0 Å². The number of hydrogen-bond donors (Lipinski definition) is 1. The van der Waals surface area contributed by atoms with Gasteiger partial charge in [0, 0.05) is 18.3 Å². The van der Waals surface area contributed by atoms with Gasteiger partial charge in [-0.15, -0.1) is 0 Å². The zero-order valence-corrected chi connectivity index (χ0v) is 11.9. The van der Waals surface area contributed by atoms with Crippen molar-refractivity contribution in [1.29, 1.82) is 0 Å². The van der Waals surface area contributed by atoms with Crippen molar-refractivity contribution in [3.63, 3.8) is 0 Å². The molecule has 5 heteroatoms. The lowest BCUT2D eigenvalue weighted by atomic mass is 9.95. The molecule has 2 heterocycles. The van der Waals surface area contributed by atoms with Crippen LogP contribution in [0.15, 0.2) is 12.3 Å². The molecule has 1 aromatic rings. The highest BCUT2D eigenvalue weighted by atomic mass is 16.5. The fourth-order valence-electron chi connectivity index (χ4n) is 2.37. The molecule has 1 aromatic heterocycles. The number of ether oxygens (including phenoxy) is 1. The van der Waals surface area contributed by atoms with Gasteiger partial charge in [0.05, 0.1) is 31.2 Å². The first-order valence-corrected chi connectivity index (χ1v) is 6.97. The normalized spacial score (nSPS) is 24.6. The smallest absolute Gasteiger partial charge is 0.145 e. The number of nitrogens with one attached hydrogen (secondary N) is 1.